The number of benzene rings is 3. The number of para-hydroxylation sites is 2. The lowest BCUT2D eigenvalue weighted by Gasteiger charge is -2.12. The third kappa shape index (κ3) is 5.07. The molecule has 3 aromatic carbocycles. The standard InChI is InChI=1S/C28H23N5O3/c1-19-20(2)33(18-29-19)26-16-17-27(32-31-26)36-23-14-12-21(13-15-23)30-28(34)24-10-6-7-11-25(24)35-22-8-4-3-5-9-22/h3-18H,1-2H3,(H,30,34). The molecule has 0 spiro atoms. The molecule has 0 saturated carbocycles. The van der Waals surface area contributed by atoms with Crippen molar-refractivity contribution in [1.29, 1.82) is 0 Å². The molecule has 0 bridgehead atoms. The highest BCUT2D eigenvalue weighted by atomic mass is 16.5. The lowest BCUT2D eigenvalue weighted by Crippen LogP contribution is -2.12. The number of imidazole rings is 1. The summed E-state index contributed by atoms with van der Waals surface area (Å²) in [5.41, 5.74) is 3.00. The fourth-order valence-corrected chi connectivity index (χ4v) is 3.51. The normalized spacial score (nSPS) is 10.6. The van der Waals surface area contributed by atoms with Crippen LogP contribution in [0.5, 0.6) is 23.1 Å². The minimum absolute atomic E-state index is 0.276. The molecule has 0 aliphatic rings. The van der Waals surface area contributed by atoms with Crippen molar-refractivity contribution in [3.8, 4) is 28.9 Å². The fraction of sp³-hybridized carbons (Fsp3) is 0.0714. The molecule has 1 amide bonds. The van der Waals surface area contributed by atoms with Gasteiger partial charge in [0.05, 0.1) is 11.3 Å². The highest BCUT2D eigenvalue weighted by Crippen LogP contribution is 2.27. The second-order valence-corrected chi connectivity index (χ2v) is 8.01. The maximum atomic E-state index is 12.9. The highest BCUT2D eigenvalue weighted by molar-refractivity contribution is 6.06. The second kappa shape index (κ2) is 10.1. The lowest BCUT2D eigenvalue weighted by molar-refractivity contribution is 0.102. The number of nitrogens with one attached hydrogen (secondary N) is 1. The Bertz CT molecular complexity index is 1480. The van der Waals surface area contributed by atoms with Crippen molar-refractivity contribution in [2.75, 3.05) is 5.32 Å². The van der Waals surface area contributed by atoms with Gasteiger partial charge < -0.3 is 14.8 Å². The number of nitrogens with zero attached hydrogens (tertiary/aromatic N) is 4. The Labute approximate surface area is 208 Å². The van der Waals surface area contributed by atoms with Crippen molar-refractivity contribution >= 4 is 11.6 Å². The summed E-state index contributed by atoms with van der Waals surface area (Å²) in [6, 6.07) is 27.0. The number of amides is 1. The minimum Gasteiger partial charge on any atom is -0.457 e. The minimum atomic E-state index is -0.276. The number of carbonyl (C=O) groups excluding carboxylic acids is 1. The Kier molecular flexibility index (Phi) is 6.40. The Morgan fingerprint density at radius 3 is 2.19 bits per heavy atom. The van der Waals surface area contributed by atoms with E-state index in [9.17, 15) is 4.79 Å². The number of aryl methyl sites for hydroxylation is 1. The third-order valence-electron chi connectivity index (χ3n) is 5.56. The number of hydrogen-bond donors (Lipinski definition) is 1. The van der Waals surface area contributed by atoms with Gasteiger partial charge in [0.2, 0.25) is 5.88 Å². The van der Waals surface area contributed by atoms with Gasteiger partial charge in [-0.15, -0.1) is 10.2 Å². The fourth-order valence-electron chi connectivity index (χ4n) is 3.51. The van der Waals surface area contributed by atoms with Gasteiger partial charge in [-0.2, -0.15) is 0 Å². The Hall–Kier alpha value is -4.98. The van der Waals surface area contributed by atoms with Crippen LogP contribution in [0.4, 0.5) is 5.69 Å². The lowest BCUT2D eigenvalue weighted by atomic mass is 10.1. The van der Waals surface area contributed by atoms with E-state index in [1.165, 1.54) is 0 Å². The van der Waals surface area contributed by atoms with Crippen LogP contribution < -0.4 is 14.8 Å². The summed E-state index contributed by atoms with van der Waals surface area (Å²) < 4.78 is 13.6. The average molecular weight is 478 g/mol. The van der Waals surface area contributed by atoms with Crippen LogP contribution in [0.3, 0.4) is 0 Å². The Balaban J connectivity index is 1.24. The maximum Gasteiger partial charge on any atom is 0.259 e. The van der Waals surface area contributed by atoms with Crippen LogP contribution in [0, 0.1) is 13.8 Å². The molecule has 0 aliphatic carbocycles. The monoisotopic (exact) mass is 477 g/mol. The Morgan fingerprint density at radius 2 is 1.50 bits per heavy atom. The van der Waals surface area contributed by atoms with E-state index in [1.807, 2.05) is 60.9 Å². The quantitative estimate of drug-likeness (QED) is 0.304. The van der Waals surface area contributed by atoms with Crippen LogP contribution in [0.2, 0.25) is 0 Å². The molecule has 178 valence electrons. The molecule has 0 fully saturated rings. The zero-order valence-electron chi connectivity index (χ0n) is 19.8. The summed E-state index contributed by atoms with van der Waals surface area (Å²) in [5, 5.41) is 11.3. The van der Waals surface area contributed by atoms with E-state index >= 15 is 0 Å². The zero-order chi connectivity index (χ0) is 24.9. The van der Waals surface area contributed by atoms with Crippen molar-refractivity contribution in [2.24, 2.45) is 0 Å². The molecule has 0 radical (unpaired) electrons. The number of aromatic nitrogens is 4. The van der Waals surface area contributed by atoms with Gasteiger partial charge >= 0.3 is 0 Å². The van der Waals surface area contributed by atoms with Crippen LogP contribution >= 0.6 is 0 Å². The molecule has 0 aliphatic heterocycles. The van der Waals surface area contributed by atoms with Crippen molar-refractivity contribution < 1.29 is 14.3 Å². The van der Waals surface area contributed by atoms with Crippen LogP contribution in [-0.4, -0.2) is 25.7 Å². The van der Waals surface area contributed by atoms with E-state index in [2.05, 4.69) is 20.5 Å². The molecular formula is C28H23N5O3. The molecular weight excluding hydrogens is 454 g/mol. The van der Waals surface area contributed by atoms with Crippen LogP contribution in [0.15, 0.2) is 97.3 Å². The average Bonchev–Trinajstić information content (AvgIpc) is 3.24. The molecule has 5 aromatic rings. The van der Waals surface area contributed by atoms with E-state index in [0.29, 0.717) is 40.2 Å². The first kappa shape index (κ1) is 22.8. The molecule has 2 heterocycles. The van der Waals surface area contributed by atoms with E-state index in [1.54, 1.807) is 54.9 Å². The highest BCUT2D eigenvalue weighted by Gasteiger charge is 2.13. The van der Waals surface area contributed by atoms with E-state index in [0.717, 1.165) is 11.4 Å². The van der Waals surface area contributed by atoms with Gasteiger partial charge in [-0.25, -0.2) is 4.98 Å². The SMILES string of the molecule is Cc1ncn(-c2ccc(Oc3ccc(NC(=O)c4ccccc4Oc4ccccc4)cc3)nn2)c1C. The number of hydrogen-bond acceptors (Lipinski definition) is 6. The molecule has 0 atom stereocenters. The van der Waals surface area contributed by atoms with Gasteiger partial charge in [-0.1, -0.05) is 30.3 Å². The third-order valence-corrected chi connectivity index (χ3v) is 5.56. The molecule has 8 heteroatoms. The smallest absolute Gasteiger partial charge is 0.259 e. The summed E-state index contributed by atoms with van der Waals surface area (Å²) in [6.07, 6.45) is 1.72. The van der Waals surface area contributed by atoms with E-state index < -0.39 is 0 Å². The predicted molar refractivity (Wildman–Crippen MR) is 136 cm³/mol. The molecule has 0 saturated heterocycles. The van der Waals surface area contributed by atoms with E-state index in [4.69, 9.17) is 9.47 Å². The van der Waals surface area contributed by atoms with E-state index in [-0.39, 0.29) is 5.91 Å². The Morgan fingerprint density at radius 1 is 0.778 bits per heavy atom. The molecule has 5 rings (SSSR count). The molecule has 36 heavy (non-hydrogen) atoms. The van der Waals surface area contributed by atoms with Crippen molar-refractivity contribution in [3.05, 3.63) is 114 Å². The largest absolute Gasteiger partial charge is 0.457 e. The summed E-state index contributed by atoms with van der Waals surface area (Å²) >= 11 is 0. The van der Waals surface area contributed by atoms with Crippen LogP contribution in [0.1, 0.15) is 21.7 Å². The number of rotatable bonds is 7. The summed E-state index contributed by atoms with van der Waals surface area (Å²) in [6.45, 7) is 3.92. The van der Waals surface area contributed by atoms with Crippen LogP contribution in [0.25, 0.3) is 5.82 Å². The predicted octanol–water partition coefficient (Wildman–Crippen LogP) is 6.12. The zero-order valence-corrected chi connectivity index (χ0v) is 19.8. The van der Waals surface area contributed by atoms with Gasteiger partial charge in [0.15, 0.2) is 5.82 Å². The van der Waals surface area contributed by atoms with Gasteiger partial charge in [0.25, 0.3) is 5.91 Å². The van der Waals surface area contributed by atoms with Crippen molar-refractivity contribution in [1.82, 2.24) is 19.7 Å². The van der Waals surface area contributed by atoms with Gasteiger partial charge in [0.1, 0.15) is 23.6 Å². The van der Waals surface area contributed by atoms with Crippen molar-refractivity contribution in [3.63, 3.8) is 0 Å². The summed E-state index contributed by atoms with van der Waals surface area (Å²) in [7, 11) is 0. The first-order valence-corrected chi connectivity index (χ1v) is 11.3. The first-order chi connectivity index (χ1) is 17.6. The second-order valence-electron chi connectivity index (χ2n) is 8.01. The molecule has 1 N–H and O–H groups in total. The van der Waals surface area contributed by atoms with Gasteiger partial charge in [0, 0.05) is 17.4 Å². The van der Waals surface area contributed by atoms with Gasteiger partial charge in [-0.05, 0) is 68.4 Å². The summed E-state index contributed by atoms with van der Waals surface area (Å²) in [4.78, 5) is 17.2. The number of ether oxygens (including phenoxy) is 2. The van der Waals surface area contributed by atoms with Gasteiger partial charge in [-0.3, -0.25) is 9.36 Å². The maximum absolute atomic E-state index is 12.9. The van der Waals surface area contributed by atoms with Crippen molar-refractivity contribution in [2.45, 2.75) is 13.8 Å². The molecule has 0 unspecified atom stereocenters. The van der Waals surface area contributed by atoms with Crippen LogP contribution in [-0.2, 0) is 0 Å². The molecule has 2 aromatic heterocycles. The summed E-state index contributed by atoms with van der Waals surface area (Å²) in [5.74, 6) is 2.45. The number of anilines is 1. The topological polar surface area (TPSA) is 91.2 Å². The number of carbonyl (C=O) groups is 1. The molecule has 8 nitrogen and oxygen atoms in total. The first-order valence-electron chi connectivity index (χ1n) is 11.3.